The van der Waals surface area contributed by atoms with Gasteiger partial charge in [-0.1, -0.05) is 74.0 Å². The van der Waals surface area contributed by atoms with E-state index in [2.05, 4.69) is 19.9 Å². The largest absolute Gasteiger partial charge is 0.457 e. The minimum Gasteiger partial charge on any atom is -0.457 e. The molecule has 0 aromatic heterocycles. The van der Waals surface area contributed by atoms with Crippen LogP contribution in [0.25, 0.3) is 11.1 Å². The molecule has 1 heterocycles. The summed E-state index contributed by atoms with van der Waals surface area (Å²) in [4.78, 5) is 0.556. The van der Waals surface area contributed by atoms with Crippen LogP contribution in [0.5, 0.6) is 11.5 Å². The molecule has 0 N–H and O–H groups in total. The zero-order valence-corrected chi connectivity index (χ0v) is 19.2. The lowest BCUT2D eigenvalue weighted by Crippen LogP contribution is -2.24. The van der Waals surface area contributed by atoms with Crippen molar-refractivity contribution in [3.05, 3.63) is 107 Å². The van der Waals surface area contributed by atoms with Crippen molar-refractivity contribution in [2.75, 3.05) is 0 Å². The van der Waals surface area contributed by atoms with E-state index in [9.17, 15) is 8.42 Å². The number of halogens is 1. The molecule has 0 bridgehead atoms. The third kappa shape index (κ3) is 3.40. The summed E-state index contributed by atoms with van der Waals surface area (Å²) in [6, 6.07) is 27.3. The van der Waals surface area contributed by atoms with Crippen LogP contribution < -0.4 is 4.74 Å². The van der Waals surface area contributed by atoms with Crippen molar-refractivity contribution < 1.29 is 13.2 Å². The molecule has 0 radical (unpaired) electrons. The van der Waals surface area contributed by atoms with Gasteiger partial charge >= 0.3 is 0 Å². The molecular formula is C27H21ClO3S. The maximum atomic E-state index is 12.9. The molecule has 0 unspecified atom stereocenters. The van der Waals surface area contributed by atoms with Crippen LogP contribution in [0.2, 0.25) is 5.02 Å². The van der Waals surface area contributed by atoms with Crippen molar-refractivity contribution in [3.8, 4) is 22.6 Å². The minimum atomic E-state index is -3.54. The van der Waals surface area contributed by atoms with Crippen LogP contribution >= 0.6 is 11.6 Å². The van der Waals surface area contributed by atoms with Crippen molar-refractivity contribution in [2.24, 2.45) is 0 Å². The van der Waals surface area contributed by atoms with E-state index in [1.54, 1.807) is 42.5 Å². The van der Waals surface area contributed by atoms with Gasteiger partial charge in [-0.2, -0.15) is 0 Å². The third-order valence-electron chi connectivity index (χ3n) is 6.04. The highest BCUT2D eigenvalue weighted by atomic mass is 35.5. The van der Waals surface area contributed by atoms with Gasteiger partial charge in [-0.05, 0) is 53.6 Å². The average Bonchev–Trinajstić information content (AvgIpc) is 2.79. The van der Waals surface area contributed by atoms with Crippen LogP contribution in [0, 0.1) is 0 Å². The smallest absolute Gasteiger partial charge is 0.206 e. The van der Waals surface area contributed by atoms with E-state index in [-0.39, 0.29) is 15.2 Å². The fraction of sp³-hybridized carbons (Fsp3) is 0.111. The molecule has 1 aliphatic heterocycles. The quantitative estimate of drug-likeness (QED) is 0.323. The molecular weight excluding hydrogens is 440 g/mol. The topological polar surface area (TPSA) is 43.4 Å². The Hall–Kier alpha value is -3.08. The Bertz CT molecular complexity index is 1420. The Morgan fingerprint density at radius 2 is 1.25 bits per heavy atom. The van der Waals surface area contributed by atoms with Gasteiger partial charge in [0.2, 0.25) is 9.84 Å². The van der Waals surface area contributed by atoms with Crippen LogP contribution in [-0.2, 0) is 15.3 Å². The standard InChI is InChI=1S/C27H21ClO3S/c1-27(2)23-14-10-19(16-25(23)31-26-17-20(28)11-15-24(26)27)18-8-12-22(13-9-18)32(29,30)21-6-4-3-5-7-21/h3-17H,1-2H3. The second-order valence-corrected chi connectivity index (χ2v) is 10.8. The highest BCUT2D eigenvalue weighted by Crippen LogP contribution is 2.49. The van der Waals surface area contributed by atoms with Gasteiger partial charge in [0.1, 0.15) is 11.5 Å². The molecule has 0 fully saturated rings. The maximum absolute atomic E-state index is 12.9. The summed E-state index contributed by atoms with van der Waals surface area (Å²) in [5.74, 6) is 1.54. The monoisotopic (exact) mass is 460 g/mol. The summed E-state index contributed by atoms with van der Waals surface area (Å²) >= 11 is 6.19. The number of benzene rings is 4. The molecule has 3 nitrogen and oxygen atoms in total. The molecule has 160 valence electrons. The molecule has 5 heteroatoms. The lowest BCUT2D eigenvalue weighted by Gasteiger charge is -2.34. The van der Waals surface area contributed by atoms with E-state index >= 15 is 0 Å². The first-order chi connectivity index (χ1) is 15.3. The summed E-state index contributed by atoms with van der Waals surface area (Å²) in [6.45, 7) is 4.34. The van der Waals surface area contributed by atoms with Crippen LogP contribution in [0.3, 0.4) is 0 Å². The van der Waals surface area contributed by atoms with Gasteiger partial charge in [0.05, 0.1) is 9.79 Å². The lowest BCUT2D eigenvalue weighted by molar-refractivity contribution is 0.418. The number of sulfone groups is 1. The summed E-state index contributed by atoms with van der Waals surface area (Å²) in [7, 11) is -3.54. The molecule has 0 spiro atoms. The van der Waals surface area contributed by atoms with Gasteiger partial charge in [-0.3, -0.25) is 0 Å². The molecule has 0 atom stereocenters. The first-order valence-corrected chi connectivity index (χ1v) is 12.2. The molecule has 4 aromatic rings. The molecule has 32 heavy (non-hydrogen) atoms. The van der Waals surface area contributed by atoms with E-state index < -0.39 is 9.84 Å². The van der Waals surface area contributed by atoms with E-state index in [0.717, 1.165) is 33.8 Å². The van der Waals surface area contributed by atoms with Crippen LogP contribution in [0.4, 0.5) is 0 Å². The van der Waals surface area contributed by atoms with Gasteiger partial charge in [0.25, 0.3) is 0 Å². The number of hydrogen-bond donors (Lipinski definition) is 0. The van der Waals surface area contributed by atoms with Crippen LogP contribution in [0.15, 0.2) is 101 Å². The van der Waals surface area contributed by atoms with Crippen LogP contribution in [-0.4, -0.2) is 8.42 Å². The van der Waals surface area contributed by atoms with Gasteiger partial charge in [0, 0.05) is 21.6 Å². The molecule has 1 aliphatic rings. The van der Waals surface area contributed by atoms with Crippen molar-refractivity contribution in [1.29, 1.82) is 0 Å². The van der Waals surface area contributed by atoms with Crippen molar-refractivity contribution in [1.82, 2.24) is 0 Å². The normalized spacial score (nSPS) is 14.2. The number of fused-ring (bicyclic) bond motifs is 2. The van der Waals surface area contributed by atoms with E-state index in [1.807, 2.05) is 42.5 Å². The third-order valence-corrected chi connectivity index (χ3v) is 8.06. The second-order valence-electron chi connectivity index (χ2n) is 8.42. The Balaban J connectivity index is 1.51. The van der Waals surface area contributed by atoms with E-state index in [4.69, 9.17) is 16.3 Å². The predicted molar refractivity (Wildman–Crippen MR) is 127 cm³/mol. The lowest BCUT2D eigenvalue weighted by atomic mass is 9.75. The summed E-state index contributed by atoms with van der Waals surface area (Å²) in [5, 5.41) is 0.634. The predicted octanol–water partition coefficient (Wildman–Crippen LogP) is 7.27. The maximum Gasteiger partial charge on any atom is 0.206 e. The van der Waals surface area contributed by atoms with E-state index in [0.29, 0.717) is 5.02 Å². The zero-order valence-electron chi connectivity index (χ0n) is 17.7. The van der Waals surface area contributed by atoms with Crippen molar-refractivity contribution in [2.45, 2.75) is 29.1 Å². The van der Waals surface area contributed by atoms with Gasteiger partial charge in [0.15, 0.2) is 0 Å². The Kier molecular flexibility index (Phi) is 4.88. The average molecular weight is 461 g/mol. The number of ether oxygens (including phenoxy) is 1. The van der Waals surface area contributed by atoms with Gasteiger partial charge < -0.3 is 4.74 Å². The number of hydrogen-bond acceptors (Lipinski definition) is 3. The molecule has 0 saturated carbocycles. The molecule has 0 saturated heterocycles. The fourth-order valence-electron chi connectivity index (χ4n) is 4.23. The zero-order chi connectivity index (χ0) is 22.5. The van der Waals surface area contributed by atoms with E-state index in [1.165, 1.54) is 0 Å². The Morgan fingerprint density at radius 1 is 0.688 bits per heavy atom. The SMILES string of the molecule is CC1(C)c2ccc(Cl)cc2Oc2cc(-c3ccc(S(=O)(=O)c4ccccc4)cc3)ccc21. The first-order valence-electron chi connectivity index (χ1n) is 10.3. The molecule has 0 aliphatic carbocycles. The van der Waals surface area contributed by atoms with Crippen molar-refractivity contribution >= 4 is 21.4 Å². The Labute approximate surface area is 193 Å². The summed E-state index contributed by atoms with van der Waals surface area (Å²) in [5.41, 5.74) is 3.84. The molecule has 4 aromatic carbocycles. The summed E-state index contributed by atoms with van der Waals surface area (Å²) in [6.07, 6.45) is 0. The molecule has 0 amide bonds. The first kappa shape index (κ1) is 20.8. The van der Waals surface area contributed by atoms with Gasteiger partial charge in [-0.25, -0.2) is 8.42 Å². The fourth-order valence-corrected chi connectivity index (χ4v) is 5.67. The minimum absolute atomic E-state index is 0.223. The number of rotatable bonds is 3. The van der Waals surface area contributed by atoms with Gasteiger partial charge in [-0.15, -0.1) is 0 Å². The highest BCUT2D eigenvalue weighted by Gasteiger charge is 2.34. The Morgan fingerprint density at radius 3 is 1.94 bits per heavy atom. The van der Waals surface area contributed by atoms with Crippen molar-refractivity contribution in [3.63, 3.8) is 0 Å². The van der Waals surface area contributed by atoms with Crippen LogP contribution in [0.1, 0.15) is 25.0 Å². The summed E-state index contributed by atoms with van der Waals surface area (Å²) < 4.78 is 31.9. The molecule has 5 rings (SSSR count). The highest BCUT2D eigenvalue weighted by molar-refractivity contribution is 7.91. The second kappa shape index (κ2) is 7.51.